The molecule has 4 rings (SSSR count). The van der Waals surface area contributed by atoms with Crippen molar-refractivity contribution in [3.8, 4) is 10.8 Å². The lowest BCUT2D eigenvalue weighted by atomic mass is 10.1. The van der Waals surface area contributed by atoms with Gasteiger partial charge in [-0.2, -0.15) is 0 Å². The number of aryl methyl sites for hydroxylation is 1. The van der Waals surface area contributed by atoms with Gasteiger partial charge in [-0.1, -0.05) is 12.1 Å². The van der Waals surface area contributed by atoms with Crippen molar-refractivity contribution in [2.24, 2.45) is 0 Å². The SMILES string of the molecule is Cc1ncsc1-c1nnc(C2CCCN2C(=O)Cc2ccc(F)cc2)o1. The molecule has 0 N–H and O–H groups in total. The van der Waals surface area contributed by atoms with Gasteiger partial charge in [0.1, 0.15) is 16.7 Å². The Hall–Kier alpha value is -2.61. The van der Waals surface area contributed by atoms with E-state index in [4.69, 9.17) is 4.42 Å². The molecule has 1 saturated heterocycles. The maximum Gasteiger partial charge on any atom is 0.259 e. The summed E-state index contributed by atoms with van der Waals surface area (Å²) in [6.07, 6.45) is 1.90. The van der Waals surface area contributed by atoms with Gasteiger partial charge in [-0.3, -0.25) is 4.79 Å². The Bertz CT molecular complexity index is 921. The van der Waals surface area contributed by atoms with E-state index in [9.17, 15) is 9.18 Å². The fourth-order valence-electron chi connectivity index (χ4n) is 3.17. The van der Waals surface area contributed by atoms with Gasteiger partial charge in [0.15, 0.2) is 0 Å². The fourth-order valence-corrected chi connectivity index (χ4v) is 3.89. The molecule has 1 atom stereocenters. The highest BCUT2D eigenvalue weighted by atomic mass is 32.1. The molecule has 134 valence electrons. The lowest BCUT2D eigenvalue weighted by molar-refractivity contribution is -0.131. The summed E-state index contributed by atoms with van der Waals surface area (Å²) < 4.78 is 18.9. The third-order valence-corrected chi connectivity index (χ3v) is 5.42. The number of halogens is 1. The average molecular weight is 372 g/mol. The molecule has 3 aromatic rings. The first-order valence-corrected chi connectivity index (χ1v) is 9.27. The Morgan fingerprint density at radius 2 is 2.15 bits per heavy atom. The number of carbonyl (C=O) groups is 1. The predicted octanol–water partition coefficient (Wildman–Crippen LogP) is 3.55. The first kappa shape index (κ1) is 16.8. The molecule has 1 amide bonds. The number of nitrogens with zero attached hydrogens (tertiary/aromatic N) is 4. The minimum Gasteiger partial charge on any atom is -0.418 e. The molecule has 2 aromatic heterocycles. The van der Waals surface area contributed by atoms with Gasteiger partial charge in [0, 0.05) is 6.54 Å². The normalized spacial score (nSPS) is 17.0. The molecule has 3 heterocycles. The zero-order valence-electron chi connectivity index (χ0n) is 14.2. The molecular formula is C18H17FN4O2S. The topological polar surface area (TPSA) is 72.1 Å². The monoisotopic (exact) mass is 372 g/mol. The zero-order valence-corrected chi connectivity index (χ0v) is 15.0. The smallest absolute Gasteiger partial charge is 0.259 e. The van der Waals surface area contributed by atoms with Crippen LogP contribution in [0.15, 0.2) is 34.2 Å². The van der Waals surface area contributed by atoms with Crippen molar-refractivity contribution in [3.63, 3.8) is 0 Å². The Morgan fingerprint density at radius 1 is 1.35 bits per heavy atom. The van der Waals surface area contributed by atoms with Gasteiger partial charge in [0.05, 0.1) is 17.6 Å². The van der Waals surface area contributed by atoms with Crippen molar-refractivity contribution in [2.45, 2.75) is 32.2 Å². The zero-order chi connectivity index (χ0) is 18.1. The number of aromatic nitrogens is 3. The van der Waals surface area contributed by atoms with E-state index in [0.717, 1.165) is 29.0 Å². The number of amides is 1. The van der Waals surface area contributed by atoms with E-state index in [0.29, 0.717) is 18.3 Å². The van der Waals surface area contributed by atoms with E-state index in [1.165, 1.54) is 23.5 Å². The van der Waals surface area contributed by atoms with Crippen LogP contribution in [0.3, 0.4) is 0 Å². The quantitative estimate of drug-likeness (QED) is 0.700. The third-order valence-electron chi connectivity index (χ3n) is 4.51. The van der Waals surface area contributed by atoms with Crippen LogP contribution in [0.5, 0.6) is 0 Å². The van der Waals surface area contributed by atoms with Crippen molar-refractivity contribution < 1.29 is 13.6 Å². The van der Waals surface area contributed by atoms with Gasteiger partial charge < -0.3 is 9.32 Å². The maximum atomic E-state index is 13.0. The van der Waals surface area contributed by atoms with Crippen molar-refractivity contribution >= 4 is 17.2 Å². The number of rotatable bonds is 4. The number of thiazole rings is 1. The highest BCUT2D eigenvalue weighted by Gasteiger charge is 2.34. The maximum absolute atomic E-state index is 13.0. The molecule has 0 spiro atoms. The van der Waals surface area contributed by atoms with Crippen LogP contribution < -0.4 is 0 Å². The third kappa shape index (κ3) is 3.24. The van der Waals surface area contributed by atoms with Crippen molar-refractivity contribution in [1.29, 1.82) is 0 Å². The van der Waals surface area contributed by atoms with E-state index in [1.54, 1.807) is 22.5 Å². The average Bonchev–Trinajstić information content (AvgIpc) is 3.35. The van der Waals surface area contributed by atoms with Crippen molar-refractivity contribution in [3.05, 3.63) is 52.7 Å². The molecule has 0 radical (unpaired) electrons. The van der Waals surface area contributed by atoms with E-state index < -0.39 is 0 Å². The summed E-state index contributed by atoms with van der Waals surface area (Å²) in [7, 11) is 0. The van der Waals surface area contributed by atoms with Gasteiger partial charge >= 0.3 is 0 Å². The lowest BCUT2D eigenvalue weighted by Crippen LogP contribution is -2.32. The standard InChI is InChI=1S/C18H17FN4O2S/c1-11-16(26-10-20-11)18-22-21-17(25-18)14-3-2-8-23(14)15(24)9-12-4-6-13(19)7-5-12/h4-7,10,14H,2-3,8-9H2,1H3. The van der Waals surface area contributed by atoms with Crippen LogP contribution >= 0.6 is 11.3 Å². The van der Waals surface area contributed by atoms with Crippen LogP contribution in [0.25, 0.3) is 10.8 Å². The molecule has 1 aliphatic heterocycles. The van der Waals surface area contributed by atoms with Crippen LogP contribution in [0.1, 0.15) is 36.0 Å². The largest absolute Gasteiger partial charge is 0.418 e. The second kappa shape index (κ2) is 6.95. The van der Waals surface area contributed by atoms with Gasteiger partial charge in [0.25, 0.3) is 5.89 Å². The molecule has 1 aliphatic rings. The van der Waals surface area contributed by atoms with Crippen LogP contribution in [0.4, 0.5) is 4.39 Å². The molecular weight excluding hydrogens is 355 g/mol. The van der Waals surface area contributed by atoms with Gasteiger partial charge in [-0.25, -0.2) is 9.37 Å². The molecule has 0 saturated carbocycles. The number of hydrogen-bond donors (Lipinski definition) is 0. The molecule has 1 aromatic carbocycles. The molecule has 1 unspecified atom stereocenters. The summed E-state index contributed by atoms with van der Waals surface area (Å²) in [4.78, 5) is 19.5. The predicted molar refractivity (Wildman–Crippen MR) is 93.9 cm³/mol. The van der Waals surface area contributed by atoms with Crippen LogP contribution in [-0.2, 0) is 11.2 Å². The van der Waals surface area contributed by atoms with Crippen molar-refractivity contribution in [1.82, 2.24) is 20.1 Å². The van der Waals surface area contributed by atoms with E-state index in [-0.39, 0.29) is 24.2 Å². The summed E-state index contributed by atoms with van der Waals surface area (Å²) in [6.45, 7) is 2.55. The van der Waals surface area contributed by atoms with E-state index in [2.05, 4.69) is 15.2 Å². The molecule has 0 bridgehead atoms. The van der Waals surface area contributed by atoms with Gasteiger partial charge in [-0.15, -0.1) is 21.5 Å². The first-order valence-electron chi connectivity index (χ1n) is 8.39. The molecule has 1 fully saturated rings. The lowest BCUT2D eigenvalue weighted by Gasteiger charge is -2.22. The van der Waals surface area contributed by atoms with Gasteiger partial charge in [-0.05, 0) is 37.5 Å². The summed E-state index contributed by atoms with van der Waals surface area (Å²) in [5, 5.41) is 8.29. The van der Waals surface area contributed by atoms with Crippen LogP contribution in [0, 0.1) is 12.7 Å². The Kier molecular flexibility index (Phi) is 4.50. The molecule has 8 heteroatoms. The highest BCUT2D eigenvalue weighted by Crippen LogP contribution is 2.34. The molecule has 6 nitrogen and oxygen atoms in total. The second-order valence-electron chi connectivity index (χ2n) is 6.26. The summed E-state index contributed by atoms with van der Waals surface area (Å²) in [5.74, 6) is 0.570. The minimum atomic E-state index is -0.308. The Morgan fingerprint density at radius 3 is 2.88 bits per heavy atom. The number of hydrogen-bond acceptors (Lipinski definition) is 6. The van der Waals surface area contributed by atoms with E-state index in [1.807, 2.05) is 6.92 Å². The molecule has 26 heavy (non-hydrogen) atoms. The Balaban J connectivity index is 1.51. The summed E-state index contributed by atoms with van der Waals surface area (Å²) in [6, 6.07) is 5.79. The van der Waals surface area contributed by atoms with Gasteiger partial charge in [0.2, 0.25) is 11.8 Å². The number of likely N-dealkylation sites (tertiary alicyclic amines) is 1. The summed E-state index contributed by atoms with van der Waals surface area (Å²) in [5.41, 5.74) is 3.37. The Labute approximate surface area is 153 Å². The highest BCUT2D eigenvalue weighted by molar-refractivity contribution is 7.13. The first-order chi connectivity index (χ1) is 12.6. The number of carbonyl (C=O) groups excluding carboxylic acids is 1. The second-order valence-corrected chi connectivity index (χ2v) is 7.12. The van der Waals surface area contributed by atoms with E-state index >= 15 is 0 Å². The van der Waals surface area contributed by atoms with Crippen molar-refractivity contribution in [2.75, 3.05) is 6.54 Å². The van der Waals surface area contributed by atoms with Crippen LogP contribution in [-0.4, -0.2) is 32.5 Å². The number of benzene rings is 1. The minimum absolute atomic E-state index is 0.0205. The van der Waals surface area contributed by atoms with Crippen LogP contribution in [0.2, 0.25) is 0 Å². The fraction of sp³-hybridized carbons (Fsp3) is 0.333. The molecule has 0 aliphatic carbocycles. The summed E-state index contributed by atoms with van der Waals surface area (Å²) >= 11 is 1.45.